The average molecular weight is 480 g/mol. The summed E-state index contributed by atoms with van der Waals surface area (Å²) in [4.78, 5) is 31.5. The number of aryl methyl sites for hydroxylation is 1. The second kappa shape index (κ2) is 10.4. The highest BCUT2D eigenvalue weighted by atomic mass is 16.5. The number of nitrogens with zero attached hydrogens (tertiary/aromatic N) is 6. The fourth-order valence-electron chi connectivity index (χ4n) is 5.75. The summed E-state index contributed by atoms with van der Waals surface area (Å²) in [5.41, 5.74) is 2.56. The molecule has 188 valence electrons. The minimum atomic E-state index is -0.409. The van der Waals surface area contributed by atoms with Gasteiger partial charge in [0.2, 0.25) is 0 Å². The van der Waals surface area contributed by atoms with Crippen LogP contribution < -0.4 is 5.32 Å². The van der Waals surface area contributed by atoms with Crippen LogP contribution in [0.15, 0.2) is 47.4 Å². The number of pyridine rings is 1. The Labute approximate surface area is 208 Å². The number of amides is 1. The molecule has 1 fully saturated rings. The minimum absolute atomic E-state index is 0.00852. The number of hydrogen-bond acceptors (Lipinski definition) is 8. The van der Waals surface area contributed by atoms with E-state index in [1.165, 1.54) is 30.6 Å². The lowest BCUT2D eigenvalue weighted by molar-refractivity contribution is 0.136. The number of amidine groups is 1. The molecule has 1 N–H and O–H groups in total. The van der Waals surface area contributed by atoms with E-state index in [0.717, 1.165) is 51.4 Å². The van der Waals surface area contributed by atoms with Gasteiger partial charge in [-0.25, -0.2) is 4.79 Å². The highest BCUT2D eigenvalue weighted by molar-refractivity contribution is 5.97. The summed E-state index contributed by atoms with van der Waals surface area (Å²) in [5.74, 6) is 2.14. The molecule has 0 aromatic carbocycles. The van der Waals surface area contributed by atoms with Crippen LogP contribution in [-0.4, -0.2) is 109 Å². The second-order valence-electron chi connectivity index (χ2n) is 9.93. The van der Waals surface area contributed by atoms with Crippen molar-refractivity contribution in [2.24, 2.45) is 4.99 Å². The quantitative estimate of drug-likeness (QED) is 0.667. The molecule has 5 rings (SSSR count). The number of carbonyl (C=O) groups is 1. The van der Waals surface area contributed by atoms with Gasteiger partial charge < -0.3 is 24.8 Å². The highest BCUT2D eigenvalue weighted by Crippen LogP contribution is 2.34. The Morgan fingerprint density at radius 2 is 2.11 bits per heavy atom. The SMILES string of the molecule is COC(=O)NCC1C(CN(C)[C@H]2CCCc3cccnc32)N=C2C=CC=C(N3CCN(C)CC3)N21. The molecular formula is C26H37N7O2. The van der Waals surface area contributed by atoms with Gasteiger partial charge in [0.15, 0.2) is 0 Å². The molecule has 3 aliphatic heterocycles. The van der Waals surface area contributed by atoms with Crippen molar-refractivity contribution < 1.29 is 9.53 Å². The Morgan fingerprint density at radius 1 is 1.29 bits per heavy atom. The molecule has 9 nitrogen and oxygen atoms in total. The summed E-state index contributed by atoms with van der Waals surface area (Å²) in [7, 11) is 5.76. The van der Waals surface area contributed by atoms with E-state index in [9.17, 15) is 4.79 Å². The van der Waals surface area contributed by atoms with Gasteiger partial charge in [-0.3, -0.25) is 14.9 Å². The van der Waals surface area contributed by atoms with Crippen LogP contribution in [0.25, 0.3) is 0 Å². The number of rotatable bonds is 6. The number of aliphatic imine (C=N–C) groups is 1. The number of methoxy groups -OCH3 is 1. The van der Waals surface area contributed by atoms with Crippen LogP contribution in [0.1, 0.15) is 30.1 Å². The van der Waals surface area contributed by atoms with Gasteiger partial charge in [0.25, 0.3) is 0 Å². The summed E-state index contributed by atoms with van der Waals surface area (Å²) in [6, 6.07) is 4.55. The third-order valence-corrected chi connectivity index (χ3v) is 7.70. The molecule has 3 atom stereocenters. The van der Waals surface area contributed by atoms with E-state index in [0.29, 0.717) is 6.54 Å². The molecule has 1 saturated heterocycles. The highest BCUT2D eigenvalue weighted by Gasteiger charge is 2.41. The summed E-state index contributed by atoms with van der Waals surface area (Å²) in [5, 5.41) is 2.95. The van der Waals surface area contributed by atoms with E-state index >= 15 is 0 Å². The summed E-state index contributed by atoms with van der Waals surface area (Å²) in [6.07, 6.45) is 11.2. The zero-order chi connectivity index (χ0) is 24.4. The number of allylic oxidation sites excluding steroid dienone is 2. The number of ether oxygens (including phenoxy) is 1. The molecule has 4 aliphatic rings. The first-order valence-corrected chi connectivity index (χ1v) is 12.7. The fourth-order valence-corrected chi connectivity index (χ4v) is 5.75. The second-order valence-corrected chi connectivity index (χ2v) is 9.93. The molecule has 35 heavy (non-hydrogen) atoms. The monoisotopic (exact) mass is 479 g/mol. The van der Waals surface area contributed by atoms with Gasteiger partial charge in [-0.05, 0) is 57.1 Å². The zero-order valence-electron chi connectivity index (χ0n) is 21.1. The Kier molecular flexibility index (Phi) is 7.06. The Hall–Kier alpha value is -2.91. The first-order valence-electron chi connectivity index (χ1n) is 12.7. The molecule has 2 unspecified atom stereocenters. The molecule has 0 radical (unpaired) electrons. The molecule has 1 aliphatic carbocycles. The van der Waals surface area contributed by atoms with E-state index < -0.39 is 6.09 Å². The molecule has 9 heteroatoms. The van der Waals surface area contributed by atoms with Gasteiger partial charge in [-0.2, -0.15) is 0 Å². The van der Waals surface area contributed by atoms with Gasteiger partial charge in [0, 0.05) is 45.5 Å². The minimum Gasteiger partial charge on any atom is -0.453 e. The molecule has 1 amide bonds. The van der Waals surface area contributed by atoms with Crippen LogP contribution in [0.4, 0.5) is 4.79 Å². The van der Waals surface area contributed by atoms with Crippen LogP contribution >= 0.6 is 0 Å². The summed E-state index contributed by atoms with van der Waals surface area (Å²) >= 11 is 0. The maximum absolute atomic E-state index is 12.0. The van der Waals surface area contributed by atoms with Crippen molar-refractivity contribution in [1.29, 1.82) is 0 Å². The van der Waals surface area contributed by atoms with E-state index in [4.69, 9.17) is 14.7 Å². The predicted octanol–water partition coefficient (Wildman–Crippen LogP) is 1.86. The van der Waals surface area contributed by atoms with E-state index in [2.05, 4.69) is 63.3 Å². The lowest BCUT2D eigenvalue weighted by atomic mass is 9.90. The number of piperazine rings is 1. The van der Waals surface area contributed by atoms with Crippen LogP contribution in [-0.2, 0) is 11.2 Å². The van der Waals surface area contributed by atoms with Crippen LogP contribution in [0, 0.1) is 0 Å². The van der Waals surface area contributed by atoms with Gasteiger partial charge in [-0.1, -0.05) is 12.1 Å². The van der Waals surface area contributed by atoms with Crippen molar-refractivity contribution in [3.63, 3.8) is 0 Å². The first-order chi connectivity index (χ1) is 17.0. The Morgan fingerprint density at radius 3 is 2.91 bits per heavy atom. The topological polar surface area (TPSA) is 76.5 Å². The Balaban J connectivity index is 1.37. The number of aromatic nitrogens is 1. The van der Waals surface area contributed by atoms with Crippen LogP contribution in [0.3, 0.4) is 0 Å². The average Bonchev–Trinajstić information content (AvgIpc) is 3.24. The molecule has 1 aromatic rings. The lowest BCUT2D eigenvalue weighted by Crippen LogP contribution is -2.54. The van der Waals surface area contributed by atoms with Gasteiger partial charge >= 0.3 is 6.09 Å². The molecule has 0 spiro atoms. The standard InChI is InChI=1S/C26H37N7O2/c1-30-13-15-32(16-14-30)24-11-5-10-23-29-20(22(33(23)24)17-28-26(34)35-3)18-31(2)21-9-4-7-19-8-6-12-27-25(19)21/h5-6,8,10-12,20-22H,4,7,9,13-18H2,1-3H3,(H,28,34)/t20?,21-,22?/m0/s1. The van der Waals surface area contributed by atoms with Crippen molar-refractivity contribution in [1.82, 2.24) is 29.9 Å². The molecule has 0 bridgehead atoms. The third kappa shape index (κ3) is 4.92. The third-order valence-electron chi connectivity index (χ3n) is 7.70. The van der Waals surface area contributed by atoms with E-state index in [-0.39, 0.29) is 18.1 Å². The fraction of sp³-hybridized carbons (Fsp3) is 0.577. The molecular weight excluding hydrogens is 442 g/mol. The van der Waals surface area contributed by atoms with Gasteiger partial charge in [0.1, 0.15) is 11.7 Å². The van der Waals surface area contributed by atoms with Crippen molar-refractivity contribution in [3.05, 3.63) is 53.6 Å². The van der Waals surface area contributed by atoms with Crippen LogP contribution in [0.5, 0.6) is 0 Å². The maximum Gasteiger partial charge on any atom is 0.406 e. The van der Waals surface area contributed by atoms with Crippen LogP contribution in [0.2, 0.25) is 0 Å². The Bertz CT molecular complexity index is 1010. The maximum atomic E-state index is 12.0. The van der Waals surface area contributed by atoms with Crippen molar-refractivity contribution in [2.75, 3.05) is 60.5 Å². The van der Waals surface area contributed by atoms with Crippen molar-refractivity contribution >= 4 is 11.9 Å². The number of carbonyl (C=O) groups excluding carboxylic acids is 1. The first kappa shape index (κ1) is 23.8. The molecule has 1 aromatic heterocycles. The summed E-state index contributed by atoms with van der Waals surface area (Å²) < 4.78 is 4.88. The van der Waals surface area contributed by atoms with Crippen molar-refractivity contribution in [2.45, 2.75) is 37.4 Å². The smallest absolute Gasteiger partial charge is 0.406 e. The van der Waals surface area contributed by atoms with E-state index in [1.54, 1.807) is 0 Å². The largest absolute Gasteiger partial charge is 0.453 e. The van der Waals surface area contributed by atoms with Crippen molar-refractivity contribution in [3.8, 4) is 0 Å². The van der Waals surface area contributed by atoms with Gasteiger partial charge in [-0.15, -0.1) is 0 Å². The summed E-state index contributed by atoms with van der Waals surface area (Å²) in [6.45, 7) is 5.28. The normalized spacial score (nSPS) is 26.2. The lowest BCUT2D eigenvalue weighted by Gasteiger charge is -2.42. The number of alkyl carbamates (subject to hydrolysis) is 1. The number of likely N-dealkylation sites (N-methyl/N-ethyl adjacent to an activating group) is 2. The molecule has 4 heterocycles. The van der Waals surface area contributed by atoms with E-state index in [1.807, 2.05) is 12.3 Å². The number of nitrogens with one attached hydrogen (secondary N) is 1. The number of hydrogen-bond donors (Lipinski definition) is 1. The molecule has 0 saturated carbocycles. The number of fused-ring (bicyclic) bond motifs is 2. The zero-order valence-corrected chi connectivity index (χ0v) is 21.1. The predicted molar refractivity (Wildman–Crippen MR) is 136 cm³/mol. The van der Waals surface area contributed by atoms with Gasteiger partial charge in [0.05, 0.1) is 30.9 Å².